The second kappa shape index (κ2) is 13.7. The molecule has 0 radical (unpaired) electrons. The SMILES string of the molecule is CCCCn1c(-c2ccccc2)nc(-c2ccccc2)c1CN(Cc1ccccc1)Cc1cc(C(F)(F)F)ccc1C(F)(F)F. The highest BCUT2D eigenvalue weighted by Gasteiger charge is 2.37. The molecule has 0 N–H and O–H groups in total. The van der Waals surface area contributed by atoms with Crippen molar-refractivity contribution in [3.63, 3.8) is 0 Å². The molecular formula is C36H33F6N3. The molecule has 5 rings (SSSR count). The minimum absolute atomic E-state index is 0.149. The lowest BCUT2D eigenvalue weighted by Gasteiger charge is -2.26. The van der Waals surface area contributed by atoms with Gasteiger partial charge < -0.3 is 4.57 Å². The van der Waals surface area contributed by atoms with Crippen molar-refractivity contribution < 1.29 is 26.3 Å². The number of hydrogen-bond acceptors (Lipinski definition) is 2. The zero-order valence-electron chi connectivity index (χ0n) is 24.7. The van der Waals surface area contributed by atoms with Gasteiger partial charge in [-0.2, -0.15) is 26.3 Å². The normalized spacial score (nSPS) is 12.2. The average Bonchev–Trinajstić information content (AvgIpc) is 3.38. The van der Waals surface area contributed by atoms with E-state index < -0.39 is 29.0 Å². The van der Waals surface area contributed by atoms with Gasteiger partial charge in [-0.1, -0.05) is 104 Å². The summed E-state index contributed by atoms with van der Waals surface area (Å²) < 4.78 is 85.6. The quantitative estimate of drug-likeness (QED) is 0.137. The van der Waals surface area contributed by atoms with Gasteiger partial charge in [-0.05, 0) is 35.7 Å². The van der Waals surface area contributed by atoms with Gasteiger partial charge in [0.15, 0.2) is 0 Å². The molecule has 1 heterocycles. The van der Waals surface area contributed by atoms with Crippen molar-refractivity contribution in [2.75, 3.05) is 0 Å². The highest BCUT2D eigenvalue weighted by Crippen LogP contribution is 2.38. The van der Waals surface area contributed by atoms with Gasteiger partial charge in [-0.3, -0.25) is 4.90 Å². The number of aromatic nitrogens is 2. The fourth-order valence-corrected chi connectivity index (χ4v) is 5.48. The molecule has 0 unspecified atom stereocenters. The van der Waals surface area contributed by atoms with Crippen molar-refractivity contribution in [2.45, 2.75) is 58.3 Å². The second-order valence-electron chi connectivity index (χ2n) is 11.0. The van der Waals surface area contributed by atoms with E-state index in [1.165, 1.54) is 0 Å². The molecule has 0 aliphatic rings. The van der Waals surface area contributed by atoms with Gasteiger partial charge in [0.2, 0.25) is 0 Å². The van der Waals surface area contributed by atoms with Crippen LogP contribution in [0.4, 0.5) is 26.3 Å². The van der Waals surface area contributed by atoms with E-state index in [4.69, 9.17) is 4.98 Å². The molecule has 3 nitrogen and oxygen atoms in total. The van der Waals surface area contributed by atoms with Gasteiger partial charge in [0, 0.05) is 37.3 Å². The van der Waals surface area contributed by atoms with Gasteiger partial charge in [-0.25, -0.2) is 4.98 Å². The van der Waals surface area contributed by atoms with Crippen molar-refractivity contribution in [1.82, 2.24) is 14.5 Å². The first kappa shape index (κ1) is 32.0. The molecule has 0 amide bonds. The Kier molecular flexibility index (Phi) is 9.77. The van der Waals surface area contributed by atoms with Crippen molar-refractivity contribution in [1.29, 1.82) is 0 Å². The van der Waals surface area contributed by atoms with Crippen LogP contribution < -0.4 is 0 Å². The lowest BCUT2D eigenvalue weighted by atomic mass is 10.0. The molecule has 0 saturated carbocycles. The maximum atomic E-state index is 14.1. The fourth-order valence-electron chi connectivity index (χ4n) is 5.48. The monoisotopic (exact) mass is 621 g/mol. The second-order valence-corrected chi connectivity index (χ2v) is 11.0. The first-order valence-corrected chi connectivity index (χ1v) is 14.8. The maximum absolute atomic E-state index is 14.1. The minimum Gasteiger partial charge on any atom is -0.326 e. The third kappa shape index (κ3) is 7.84. The number of benzene rings is 4. The summed E-state index contributed by atoms with van der Waals surface area (Å²) in [7, 11) is 0. The highest BCUT2D eigenvalue weighted by molar-refractivity contribution is 5.68. The predicted octanol–water partition coefficient (Wildman–Crippen LogP) is 10.3. The molecule has 45 heavy (non-hydrogen) atoms. The number of rotatable bonds is 11. The number of unbranched alkanes of at least 4 members (excludes halogenated alkanes) is 1. The van der Waals surface area contributed by atoms with Crippen molar-refractivity contribution in [3.8, 4) is 22.6 Å². The first-order valence-electron chi connectivity index (χ1n) is 14.8. The van der Waals surface area contributed by atoms with E-state index in [0.29, 0.717) is 30.4 Å². The van der Waals surface area contributed by atoms with Crippen LogP contribution in [0.2, 0.25) is 0 Å². The van der Waals surface area contributed by atoms with Crippen LogP contribution in [0.25, 0.3) is 22.6 Å². The highest BCUT2D eigenvalue weighted by atomic mass is 19.4. The molecule has 0 atom stereocenters. The maximum Gasteiger partial charge on any atom is 0.416 e. The summed E-state index contributed by atoms with van der Waals surface area (Å²) in [5.74, 6) is 0.729. The fraction of sp³-hybridized carbons (Fsp3) is 0.250. The Morgan fingerprint density at radius 3 is 1.84 bits per heavy atom. The molecule has 9 heteroatoms. The zero-order chi connectivity index (χ0) is 32.0. The van der Waals surface area contributed by atoms with Gasteiger partial charge in [0.25, 0.3) is 0 Å². The molecule has 0 bridgehead atoms. The Bertz CT molecular complexity index is 1680. The first-order chi connectivity index (χ1) is 21.5. The Labute approximate surface area is 258 Å². The molecule has 0 fully saturated rings. The Hall–Kier alpha value is -4.37. The summed E-state index contributed by atoms with van der Waals surface area (Å²) in [6.45, 7) is 2.69. The van der Waals surface area contributed by atoms with Crippen LogP contribution >= 0.6 is 0 Å². The van der Waals surface area contributed by atoms with Crippen molar-refractivity contribution >= 4 is 0 Å². The largest absolute Gasteiger partial charge is 0.416 e. The number of imidazole rings is 1. The molecule has 0 spiro atoms. The van der Waals surface area contributed by atoms with Crippen molar-refractivity contribution in [2.24, 2.45) is 0 Å². The molecule has 1 aromatic heterocycles. The molecule has 0 aliphatic carbocycles. The number of nitrogens with zero attached hydrogens (tertiary/aromatic N) is 3. The number of hydrogen-bond donors (Lipinski definition) is 0. The average molecular weight is 622 g/mol. The van der Waals surface area contributed by atoms with E-state index in [1.54, 1.807) is 4.90 Å². The van der Waals surface area contributed by atoms with Crippen molar-refractivity contribution in [3.05, 3.63) is 137 Å². The number of alkyl halides is 6. The molecule has 234 valence electrons. The third-order valence-electron chi connectivity index (χ3n) is 7.64. The third-order valence-corrected chi connectivity index (χ3v) is 7.64. The van der Waals surface area contributed by atoms with E-state index in [-0.39, 0.29) is 19.6 Å². The summed E-state index contributed by atoms with van der Waals surface area (Å²) in [6, 6.07) is 30.1. The Morgan fingerprint density at radius 1 is 0.667 bits per heavy atom. The molecule has 4 aromatic carbocycles. The summed E-state index contributed by atoms with van der Waals surface area (Å²) >= 11 is 0. The van der Waals surface area contributed by atoms with Gasteiger partial charge in [0.1, 0.15) is 5.82 Å². The van der Waals surface area contributed by atoms with E-state index in [0.717, 1.165) is 41.1 Å². The molecule has 0 saturated heterocycles. The standard InChI is InChI=1S/C36H33F6N3/c1-2-3-21-45-32(33(27-15-9-5-10-16-27)43-34(45)28-17-11-6-12-18-28)25-44(23-26-13-7-4-8-14-26)24-29-22-30(35(37,38)39)19-20-31(29)36(40,41)42/h4-20,22H,2-3,21,23-25H2,1H3. The lowest BCUT2D eigenvalue weighted by molar-refractivity contribution is -0.142. The van der Waals surface area contributed by atoms with Crippen LogP contribution in [-0.4, -0.2) is 14.5 Å². The van der Waals surface area contributed by atoms with E-state index in [1.807, 2.05) is 91.0 Å². The lowest BCUT2D eigenvalue weighted by Crippen LogP contribution is -2.26. The van der Waals surface area contributed by atoms with Gasteiger partial charge in [-0.15, -0.1) is 0 Å². The molecule has 5 aromatic rings. The summed E-state index contributed by atoms with van der Waals surface area (Å²) in [5.41, 5.74) is 1.39. The van der Waals surface area contributed by atoms with Gasteiger partial charge in [0.05, 0.1) is 22.5 Å². The summed E-state index contributed by atoms with van der Waals surface area (Å²) in [5, 5.41) is 0. The molecular weight excluding hydrogens is 588 g/mol. The summed E-state index contributed by atoms with van der Waals surface area (Å²) in [6.07, 6.45) is -7.87. The molecule has 0 aliphatic heterocycles. The number of halogens is 6. The Morgan fingerprint density at radius 2 is 1.27 bits per heavy atom. The van der Waals surface area contributed by atoms with Crippen LogP contribution in [0, 0.1) is 0 Å². The Balaban J connectivity index is 1.67. The van der Waals surface area contributed by atoms with E-state index >= 15 is 0 Å². The van der Waals surface area contributed by atoms with Crippen LogP contribution in [0.5, 0.6) is 0 Å². The van der Waals surface area contributed by atoms with Crippen LogP contribution in [-0.2, 0) is 38.5 Å². The predicted molar refractivity (Wildman–Crippen MR) is 164 cm³/mol. The van der Waals surface area contributed by atoms with Crippen LogP contribution in [0.3, 0.4) is 0 Å². The minimum atomic E-state index is -4.82. The topological polar surface area (TPSA) is 21.1 Å². The summed E-state index contributed by atoms with van der Waals surface area (Å²) in [4.78, 5) is 6.85. The van der Waals surface area contributed by atoms with E-state index in [9.17, 15) is 26.3 Å². The zero-order valence-corrected chi connectivity index (χ0v) is 24.7. The smallest absolute Gasteiger partial charge is 0.326 e. The van der Waals surface area contributed by atoms with Crippen LogP contribution in [0.15, 0.2) is 109 Å². The van der Waals surface area contributed by atoms with Gasteiger partial charge >= 0.3 is 12.4 Å². The van der Waals surface area contributed by atoms with E-state index in [2.05, 4.69) is 11.5 Å². The van der Waals surface area contributed by atoms with Crippen LogP contribution in [0.1, 0.15) is 47.7 Å².